The number of morpholine rings is 1. The average molecular weight is 357 g/mol. The fourth-order valence-corrected chi connectivity index (χ4v) is 3.91. The number of nitrogens with zero attached hydrogens (tertiary/aromatic N) is 4. The summed E-state index contributed by atoms with van der Waals surface area (Å²) in [5.41, 5.74) is 2.13. The average Bonchev–Trinajstić information content (AvgIpc) is 3.15. The van der Waals surface area contributed by atoms with Crippen molar-refractivity contribution < 1.29 is 9.53 Å². The molecule has 2 aromatic rings. The van der Waals surface area contributed by atoms with Crippen molar-refractivity contribution in [2.24, 2.45) is 5.92 Å². The quantitative estimate of drug-likeness (QED) is 0.903. The Morgan fingerprint density at radius 2 is 2.15 bits per heavy atom. The summed E-state index contributed by atoms with van der Waals surface area (Å²) in [4.78, 5) is 21.2. The van der Waals surface area contributed by atoms with Crippen molar-refractivity contribution in [3.63, 3.8) is 0 Å². The molecular formula is C19H27N5O2. The van der Waals surface area contributed by atoms with E-state index in [2.05, 4.69) is 15.2 Å². The van der Waals surface area contributed by atoms with Gasteiger partial charge in [-0.1, -0.05) is 6.07 Å². The Bertz CT molecular complexity index is 740. The fraction of sp³-hybridized carbons (Fsp3) is 0.579. The SMILES string of the molecule is O=C(NCc1ccc2cncn2c1)N1CCC[C@@H](CN2CCOCC2)C1. The van der Waals surface area contributed by atoms with Crippen LogP contribution in [-0.2, 0) is 11.3 Å². The van der Waals surface area contributed by atoms with Gasteiger partial charge in [0.15, 0.2) is 0 Å². The maximum absolute atomic E-state index is 12.6. The van der Waals surface area contributed by atoms with Crippen LogP contribution in [0.1, 0.15) is 18.4 Å². The van der Waals surface area contributed by atoms with Crippen LogP contribution in [0.3, 0.4) is 0 Å². The summed E-state index contributed by atoms with van der Waals surface area (Å²) in [7, 11) is 0. The molecular weight excluding hydrogens is 330 g/mol. The van der Waals surface area contributed by atoms with E-state index in [1.807, 2.05) is 33.8 Å². The number of hydrogen-bond acceptors (Lipinski definition) is 4. The van der Waals surface area contributed by atoms with Crippen LogP contribution in [0.4, 0.5) is 4.79 Å². The smallest absolute Gasteiger partial charge is 0.317 e. The summed E-state index contributed by atoms with van der Waals surface area (Å²) < 4.78 is 7.39. The summed E-state index contributed by atoms with van der Waals surface area (Å²) in [6.07, 6.45) is 7.91. The third kappa shape index (κ3) is 4.16. The maximum Gasteiger partial charge on any atom is 0.317 e. The fourth-order valence-electron chi connectivity index (χ4n) is 3.91. The van der Waals surface area contributed by atoms with E-state index in [9.17, 15) is 4.79 Å². The van der Waals surface area contributed by atoms with E-state index in [4.69, 9.17) is 4.74 Å². The van der Waals surface area contributed by atoms with E-state index >= 15 is 0 Å². The Kier molecular flexibility index (Phi) is 5.36. The Balaban J connectivity index is 1.28. The molecule has 1 atom stereocenters. The topological polar surface area (TPSA) is 62.1 Å². The van der Waals surface area contributed by atoms with Gasteiger partial charge in [-0.25, -0.2) is 9.78 Å². The first-order chi connectivity index (χ1) is 12.8. The predicted molar refractivity (Wildman–Crippen MR) is 99.0 cm³/mol. The van der Waals surface area contributed by atoms with E-state index in [-0.39, 0.29) is 6.03 Å². The minimum absolute atomic E-state index is 0.0439. The van der Waals surface area contributed by atoms with Gasteiger partial charge in [0.05, 0.1) is 31.3 Å². The molecule has 4 heterocycles. The van der Waals surface area contributed by atoms with Crippen LogP contribution in [0.2, 0.25) is 0 Å². The lowest BCUT2D eigenvalue weighted by molar-refractivity contribution is 0.0249. The third-order valence-corrected chi connectivity index (χ3v) is 5.34. The molecule has 0 saturated carbocycles. The maximum atomic E-state index is 12.6. The summed E-state index contributed by atoms with van der Waals surface area (Å²) in [6, 6.07) is 4.10. The molecule has 2 fully saturated rings. The first-order valence-corrected chi connectivity index (χ1v) is 9.51. The third-order valence-electron chi connectivity index (χ3n) is 5.34. The monoisotopic (exact) mass is 357 g/mol. The lowest BCUT2D eigenvalue weighted by atomic mass is 9.97. The van der Waals surface area contributed by atoms with Gasteiger partial charge in [-0.3, -0.25) is 4.90 Å². The number of aromatic nitrogens is 2. The molecule has 7 heteroatoms. The number of likely N-dealkylation sites (tertiary alicyclic amines) is 1. The molecule has 4 rings (SSSR count). The number of fused-ring (bicyclic) bond motifs is 1. The van der Waals surface area contributed by atoms with E-state index < -0.39 is 0 Å². The second-order valence-electron chi connectivity index (χ2n) is 7.29. The highest BCUT2D eigenvalue weighted by atomic mass is 16.5. The van der Waals surface area contributed by atoms with E-state index in [0.717, 1.165) is 63.4 Å². The second kappa shape index (κ2) is 8.05. The highest BCUT2D eigenvalue weighted by molar-refractivity contribution is 5.74. The van der Waals surface area contributed by atoms with Crippen molar-refractivity contribution in [3.8, 4) is 0 Å². The number of urea groups is 1. The van der Waals surface area contributed by atoms with Gasteiger partial charge in [0.2, 0.25) is 0 Å². The first-order valence-electron chi connectivity index (χ1n) is 9.51. The number of imidazole rings is 1. The summed E-state index contributed by atoms with van der Waals surface area (Å²) >= 11 is 0. The van der Waals surface area contributed by atoms with Crippen LogP contribution in [0.5, 0.6) is 0 Å². The zero-order valence-electron chi connectivity index (χ0n) is 15.1. The van der Waals surface area contributed by atoms with Crippen molar-refractivity contribution in [1.82, 2.24) is 24.5 Å². The minimum Gasteiger partial charge on any atom is -0.379 e. The van der Waals surface area contributed by atoms with Gasteiger partial charge in [0.25, 0.3) is 0 Å². The number of rotatable bonds is 4. The van der Waals surface area contributed by atoms with E-state index in [1.54, 1.807) is 6.33 Å². The lowest BCUT2D eigenvalue weighted by Crippen LogP contribution is -2.48. The first kappa shape index (κ1) is 17.3. The number of carbonyl (C=O) groups excluding carboxylic acids is 1. The Labute approximate surface area is 153 Å². The second-order valence-corrected chi connectivity index (χ2v) is 7.29. The molecule has 0 spiro atoms. The molecule has 2 aliphatic heterocycles. The molecule has 2 aliphatic rings. The van der Waals surface area contributed by atoms with Crippen molar-refractivity contribution in [1.29, 1.82) is 0 Å². The summed E-state index contributed by atoms with van der Waals surface area (Å²) in [6.45, 7) is 7.01. The van der Waals surface area contributed by atoms with Crippen molar-refractivity contribution in [2.75, 3.05) is 45.9 Å². The summed E-state index contributed by atoms with van der Waals surface area (Å²) in [5.74, 6) is 0.565. The van der Waals surface area contributed by atoms with Gasteiger partial charge < -0.3 is 19.4 Å². The van der Waals surface area contributed by atoms with Crippen LogP contribution < -0.4 is 5.32 Å². The lowest BCUT2D eigenvalue weighted by Gasteiger charge is -2.36. The van der Waals surface area contributed by atoms with Gasteiger partial charge in [0, 0.05) is 45.5 Å². The molecule has 0 aromatic carbocycles. The minimum atomic E-state index is 0.0439. The largest absolute Gasteiger partial charge is 0.379 e. The van der Waals surface area contributed by atoms with Crippen molar-refractivity contribution in [2.45, 2.75) is 19.4 Å². The molecule has 140 valence electrons. The number of piperidine rings is 1. The van der Waals surface area contributed by atoms with Gasteiger partial charge in [-0.15, -0.1) is 0 Å². The molecule has 2 aromatic heterocycles. The highest BCUT2D eigenvalue weighted by Crippen LogP contribution is 2.18. The number of amides is 2. The summed E-state index contributed by atoms with van der Waals surface area (Å²) in [5, 5.41) is 3.07. The van der Waals surface area contributed by atoms with Crippen LogP contribution in [0.15, 0.2) is 30.9 Å². The van der Waals surface area contributed by atoms with Gasteiger partial charge >= 0.3 is 6.03 Å². The normalized spacial score (nSPS) is 21.8. The van der Waals surface area contributed by atoms with E-state index in [1.165, 1.54) is 6.42 Å². The molecule has 7 nitrogen and oxygen atoms in total. The van der Waals surface area contributed by atoms with E-state index in [0.29, 0.717) is 12.5 Å². The number of nitrogens with one attached hydrogen (secondary N) is 1. The molecule has 26 heavy (non-hydrogen) atoms. The Hall–Kier alpha value is -2.12. The van der Waals surface area contributed by atoms with Crippen molar-refractivity contribution in [3.05, 3.63) is 36.4 Å². The standard InChI is InChI=1S/C19H27N5O2/c25-19(21-10-16-3-4-18-11-20-15-24(18)13-16)23-5-1-2-17(14-23)12-22-6-8-26-9-7-22/h3-4,11,13,15,17H,1-2,5-10,12,14H2,(H,21,25)/t17-/m0/s1. The van der Waals surface area contributed by atoms with Crippen LogP contribution in [0.25, 0.3) is 5.52 Å². The predicted octanol–water partition coefficient (Wildman–Crippen LogP) is 1.59. The zero-order chi connectivity index (χ0) is 17.8. The molecule has 1 N–H and O–H groups in total. The molecule has 0 aliphatic carbocycles. The number of carbonyl (C=O) groups is 1. The molecule has 0 radical (unpaired) electrons. The molecule has 0 bridgehead atoms. The van der Waals surface area contributed by atoms with Crippen LogP contribution >= 0.6 is 0 Å². The van der Waals surface area contributed by atoms with Crippen molar-refractivity contribution >= 4 is 11.5 Å². The van der Waals surface area contributed by atoms with Gasteiger partial charge in [-0.2, -0.15) is 0 Å². The number of pyridine rings is 1. The number of hydrogen-bond donors (Lipinski definition) is 1. The Morgan fingerprint density at radius 1 is 1.27 bits per heavy atom. The highest BCUT2D eigenvalue weighted by Gasteiger charge is 2.25. The van der Waals surface area contributed by atoms with Gasteiger partial charge in [-0.05, 0) is 30.4 Å². The number of ether oxygens (including phenoxy) is 1. The molecule has 2 saturated heterocycles. The van der Waals surface area contributed by atoms with Gasteiger partial charge in [0.1, 0.15) is 0 Å². The zero-order valence-corrected chi connectivity index (χ0v) is 15.1. The van der Waals surface area contributed by atoms with Crippen LogP contribution in [0, 0.1) is 5.92 Å². The molecule has 0 unspecified atom stereocenters. The van der Waals surface area contributed by atoms with Crippen LogP contribution in [-0.4, -0.2) is 71.2 Å². The molecule has 2 amide bonds. The Morgan fingerprint density at radius 3 is 3.04 bits per heavy atom.